The van der Waals surface area contributed by atoms with Gasteiger partial charge in [-0.3, -0.25) is 19.5 Å². The highest BCUT2D eigenvalue weighted by Crippen LogP contribution is 2.35. The highest BCUT2D eigenvalue weighted by molar-refractivity contribution is 5.84. The molecule has 59 heavy (non-hydrogen) atoms. The van der Waals surface area contributed by atoms with Crippen LogP contribution in [0.15, 0.2) is 206 Å². The zero-order valence-electron chi connectivity index (χ0n) is 33.1. The van der Waals surface area contributed by atoms with Crippen LogP contribution in [0, 0.1) is 0 Å². The highest BCUT2D eigenvalue weighted by atomic mass is 15.3. The lowest BCUT2D eigenvalue weighted by molar-refractivity contribution is 1.07. The van der Waals surface area contributed by atoms with E-state index < -0.39 is 0 Å². The van der Waals surface area contributed by atoms with Crippen LogP contribution in [0.5, 0.6) is 0 Å². The summed E-state index contributed by atoms with van der Waals surface area (Å²) in [7, 11) is 0. The van der Waals surface area contributed by atoms with Gasteiger partial charge in [0.05, 0.1) is 0 Å². The number of hydrogen-bond acceptors (Lipinski definition) is 5. The fraction of sp³-hybridized carbons (Fsp3) is 0.0377. The first kappa shape index (κ1) is 38.1. The van der Waals surface area contributed by atoms with Gasteiger partial charge in [0.25, 0.3) is 0 Å². The predicted molar refractivity (Wildman–Crippen MR) is 246 cm³/mol. The van der Waals surface area contributed by atoms with E-state index in [9.17, 15) is 0 Å². The molecule has 6 nitrogen and oxygen atoms in total. The summed E-state index contributed by atoms with van der Waals surface area (Å²) in [6, 6.07) is 50.6. The summed E-state index contributed by atoms with van der Waals surface area (Å²) in [4.78, 5) is 12.7. The summed E-state index contributed by atoms with van der Waals surface area (Å²) in [5, 5.41) is 9.85. The molecule has 3 aromatic heterocycles. The van der Waals surface area contributed by atoms with Gasteiger partial charge < -0.3 is 0 Å². The molecule has 0 aliphatic rings. The maximum Gasteiger partial charge on any atom is 0.168 e. The molecule has 5 aromatic carbocycles. The van der Waals surface area contributed by atoms with Gasteiger partial charge in [0.2, 0.25) is 0 Å². The smallest absolute Gasteiger partial charge is 0.168 e. The van der Waals surface area contributed by atoms with Gasteiger partial charge in [-0.25, -0.2) is 0 Å². The van der Waals surface area contributed by atoms with E-state index in [2.05, 4.69) is 192 Å². The summed E-state index contributed by atoms with van der Waals surface area (Å²) >= 11 is 0. The number of pyridine rings is 2. The van der Waals surface area contributed by atoms with Crippen molar-refractivity contribution < 1.29 is 0 Å². The normalized spacial score (nSPS) is 12.0. The lowest BCUT2D eigenvalue weighted by atomic mass is 9.98. The molecule has 0 N–H and O–H groups in total. The standard InChI is InChI=1S/C53H42N6/c1-5-38(49-23-12-26-55-35-49)28-37(3)40-14-7-21-47(29-40)52-57-58-53(48-22-10-18-44(32-48)42-16-9-19-45(31-42)50-24-13-27-56-36-50)59(52)51-25-11-20-46(33-51)43-17-8-15-41(30-43)39(6-2)34-54-4/h5-36H,2,4H2,1,3H3/b37-28+,38-5+,39-34+. The summed E-state index contributed by atoms with van der Waals surface area (Å²) < 4.78 is 2.17. The Morgan fingerprint density at radius 1 is 0.542 bits per heavy atom. The molecule has 6 heteroatoms. The molecular weight excluding hydrogens is 721 g/mol. The van der Waals surface area contributed by atoms with E-state index in [0.29, 0.717) is 0 Å². The van der Waals surface area contributed by atoms with Crippen molar-refractivity contribution in [3.8, 4) is 61.8 Å². The van der Waals surface area contributed by atoms with Crippen LogP contribution in [0.25, 0.3) is 78.6 Å². The van der Waals surface area contributed by atoms with Crippen molar-refractivity contribution in [2.75, 3.05) is 0 Å². The Bertz CT molecular complexity index is 2880. The van der Waals surface area contributed by atoms with Gasteiger partial charge in [0, 0.05) is 53.4 Å². The maximum absolute atomic E-state index is 4.93. The number of nitrogens with zero attached hydrogens (tertiary/aromatic N) is 6. The van der Waals surface area contributed by atoms with Gasteiger partial charge >= 0.3 is 0 Å². The van der Waals surface area contributed by atoms with E-state index in [4.69, 9.17) is 10.2 Å². The summed E-state index contributed by atoms with van der Waals surface area (Å²) in [5.74, 6) is 1.47. The number of rotatable bonds is 12. The van der Waals surface area contributed by atoms with E-state index in [-0.39, 0.29) is 0 Å². The van der Waals surface area contributed by atoms with Gasteiger partial charge in [0.1, 0.15) is 0 Å². The monoisotopic (exact) mass is 762 g/mol. The highest BCUT2D eigenvalue weighted by Gasteiger charge is 2.19. The Kier molecular flexibility index (Phi) is 11.3. The quantitative estimate of drug-likeness (QED) is 0.0918. The van der Waals surface area contributed by atoms with E-state index in [1.54, 1.807) is 24.7 Å². The number of aliphatic imine (C=N–C) groups is 1. The molecule has 8 aromatic rings. The minimum Gasteiger partial charge on any atom is -0.275 e. The second-order valence-electron chi connectivity index (χ2n) is 14.1. The largest absolute Gasteiger partial charge is 0.275 e. The average Bonchev–Trinajstić information content (AvgIpc) is 3.76. The first-order valence-corrected chi connectivity index (χ1v) is 19.4. The van der Waals surface area contributed by atoms with Crippen molar-refractivity contribution >= 4 is 23.4 Å². The topological polar surface area (TPSA) is 68.8 Å². The molecule has 0 atom stereocenters. The molecule has 0 spiro atoms. The van der Waals surface area contributed by atoms with Crippen molar-refractivity contribution in [2.24, 2.45) is 4.99 Å². The molecule has 0 aliphatic heterocycles. The van der Waals surface area contributed by atoms with Crippen LogP contribution in [0.4, 0.5) is 0 Å². The Hall–Kier alpha value is -7.83. The summed E-state index contributed by atoms with van der Waals surface area (Å²) in [6.07, 6.45) is 15.2. The molecule has 0 fully saturated rings. The number of hydrogen-bond donors (Lipinski definition) is 0. The van der Waals surface area contributed by atoms with Crippen LogP contribution in [-0.2, 0) is 0 Å². The molecular formula is C53H42N6. The minimum absolute atomic E-state index is 0.732. The third-order valence-corrected chi connectivity index (χ3v) is 10.3. The minimum atomic E-state index is 0.732. The van der Waals surface area contributed by atoms with Gasteiger partial charge in [0.15, 0.2) is 11.6 Å². The fourth-order valence-electron chi connectivity index (χ4n) is 7.29. The van der Waals surface area contributed by atoms with Crippen LogP contribution in [-0.4, -0.2) is 31.4 Å². The van der Waals surface area contributed by atoms with E-state index in [0.717, 1.165) is 95.3 Å². The SMILES string of the molecule is C=C/C(=C\N=C)c1cccc(-c2cccc(-n3c(-c4cccc(/C(C)=C/C(=C\C)c5cccnc5)c4)nnc3-c3cccc(-c4cccc(-c5cccnc5)c4)c3)c2)c1. The zero-order valence-corrected chi connectivity index (χ0v) is 33.1. The predicted octanol–water partition coefficient (Wildman–Crippen LogP) is 13.1. The van der Waals surface area contributed by atoms with E-state index >= 15 is 0 Å². The van der Waals surface area contributed by atoms with E-state index in [1.165, 1.54) is 0 Å². The van der Waals surface area contributed by atoms with Gasteiger partial charge in [-0.05, 0) is 130 Å². The Morgan fingerprint density at radius 3 is 1.68 bits per heavy atom. The van der Waals surface area contributed by atoms with Crippen LogP contribution < -0.4 is 0 Å². The number of aromatic nitrogens is 5. The third kappa shape index (κ3) is 8.34. The lowest BCUT2D eigenvalue weighted by Crippen LogP contribution is -2.01. The van der Waals surface area contributed by atoms with Gasteiger partial charge in [-0.15, -0.1) is 10.2 Å². The molecule has 0 bridgehead atoms. The van der Waals surface area contributed by atoms with Crippen LogP contribution in [0.2, 0.25) is 0 Å². The van der Waals surface area contributed by atoms with Crippen molar-refractivity contribution in [3.05, 3.63) is 218 Å². The summed E-state index contributed by atoms with van der Waals surface area (Å²) in [5.41, 5.74) is 15.6. The first-order chi connectivity index (χ1) is 29.0. The Labute approximate surface area is 345 Å². The van der Waals surface area contributed by atoms with Crippen molar-refractivity contribution in [3.63, 3.8) is 0 Å². The van der Waals surface area contributed by atoms with Crippen LogP contribution in [0.3, 0.4) is 0 Å². The lowest BCUT2D eigenvalue weighted by Gasteiger charge is -2.14. The second kappa shape index (κ2) is 17.5. The van der Waals surface area contributed by atoms with Crippen LogP contribution in [0.1, 0.15) is 30.5 Å². The van der Waals surface area contributed by atoms with Gasteiger partial charge in [-0.2, -0.15) is 0 Å². The van der Waals surface area contributed by atoms with Crippen molar-refractivity contribution in [2.45, 2.75) is 13.8 Å². The molecule has 0 amide bonds. The molecule has 0 saturated heterocycles. The molecule has 0 saturated carbocycles. The first-order valence-electron chi connectivity index (χ1n) is 19.4. The second-order valence-corrected chi connectivity index (χ2v) is 14.1. The molecule has 0 unspecified atom stereocenters. The number of benzene rings is 5. The summed E-state index contributed by atoms with van der Waals surface area (Å²) in [6.45, 7) is 11.8. The van der Waals surface area contributed by atoms with Gasteiger partial charge in [-0.1, -0.05) is 122 Å². The van der Waals surface area contributed by atoms with Crippen LogP contribution >= 0.6 is 0 Å². The molecule has 0 radical (unpaired) electrons. The van der Waals surface area contributed by atoms with Crippen molar-refractivity contribution in [1.29, 1.82) is 0 Å². The molecule has 3 heterocycles. The molecule has 8 rings (SSSR count). The Morgan fingerprint density at radius 2 is 1.05 bits per heavy atom. The number of allylic oxidation sites excluding steroid dienone is 6. The molecule has 0 aliphatic carbocycles. The third-order valence-electron chi connectivity index (χ3n) is 10.3. The average molecular weight is 763 g/mol. The maximum atomic E-state index is 4.93. The Balaban J connectivity index is 1.25. The van der Waals surface area contributed by atoms with Crippen molar-refractivity contribution in [1.82, 2.24) is 24.7 Å². The van der Waals surface area contributed by atoms with E-state index in [1.807, 2.05) is 24.5 Å². The molecule has 284 valence electrons. The fourth-order valence-corrected chi connectivity index (χ4v) is 7.29. The zero-order chi connectivity index (χ0) is 40.6.